The monoisotopic (exact) mass is 418 g/mol. The molecule has 156 valence electrons. The summed E-state index contributed by atoms with van der Waals surface area (Å²) >= 11 is 0. The van der Waals surface area contributed by atoms with Crippen LogP contribution in [-0.2, 0) is 21.2 Å². The Morgan fingerprint density at radius 2 is 1.86 bits per heavy atom. The maximum atomic E-state index is 13.0. The van der Waals surface area contributed by atoms with Crippen LogP contribution in [0.25, 0.3) is 0 Å². The number of rotatable bonds is 6. The van der Waals surface area contributed by atoms with Crippen LogP contribution < -0.4 is 19.1 Å². The van der Waals surface area contributed by atoms with Gasteiger partial charge in [-0.15, -0.1) is 0 Å². The molecule has 0 aliphatic carbocycles. The van der Waals surface area contributed by atoms with Gasteiger partial charge in [0.15, 0.2) is 0 Å². The summed E-state index contributed by atoms with van der Waals surface area (Å²) in [6.45, 7) is 4.43. The predicted molar refractivity (Wildman–Crippen MR) is 112 cm³/mol. The Kier molecular flexibility index (Phi) is 6.02. The number of sulfonamides is 1. The average Bonchev–Trinajstić information content (AvgIpc) is 2.71. The van der Waals surface area contributed by atoms with Gasteiger partial charge in [-0.3, -0.25) is 9.52 Å². The first-order valence-electron chi connectivity index (χ1n) is 9.46. The minimum absolute atomic E-state index is 0.00585. The van der Waals surface area contributed by atoms with E-state index in [0.717, 1.165) is 24.1 Å². The summed E-state index contributed by atoms with van der Waals surface area (Å²) in [6, 6.07) is 9.87. The zero-order valence-corrected chi connectivity index (χ0v) is 17.9. The summed E-state index contributed by atoms with van der Waals surface area (Å²) in [6.07, 6.45) is 1.63. The van der Waals surface area contributed by atoms with E-state index >= 15 is 0 Å². The quantitative estimate of drug-likeness (QED) is 0.777. The Morgan fingerprint density at radius 3 is 2.52 bits per heavy atom. The molecule has 0 bridgehead atoms. The number of nitrogens with one attached hydrogen (secondary N) is 1. The number of ether oxygens (including phenoxy) is 2. The fourth-order valence-corrected chi connectivity index (χ4v) is 4.64. The van der Waals surface area contributed by atoms with Crippen LogP contribution in [0.1, 0.15) is 25.8 Å². The van der Waals surface area contributed by atoms with Gasteiger partial charge < -0.3 is 14.4 Å². The van der Waals surface area contributed by atoms with Gasteiger partial charge in [-0.2, -0.15) is 0 Å². The SMILES string of the molecule is COc1ccc(OC)c(S(=O)(=O)Nc2ccc3c(c2)CCCN3C(=O)C(C)C)c1. The molecule has 0 spiro atoms. The largest absolute Gasteiger partial charge is 0.497 e. The van der Waals surface area contributed by atoms with Crippen molar-refractivity contribution in [2.45, 2.75) is 31.6 Å². The van der Waals surface area contributed by atoms with Gasteiger partial charge in [0.1, 0.15) is 16.4 Å². The molecule has 0 aromatic heterocycles. The second-order valence-corrected chi connectivity index (χ2v) is 8.86. The molecule has 3 rings (SSSR count). The normalized spacial score (nSPS) is 13.8. The Labute approximate surface area is 171 Å². The van der Waals surface area contributed by atoms with Crippen molar-refractivity contribution in [3.8, 4) is 11.5 Å². The van der Waals surface area contributed by atoms with Crippen LogP contribution >= 0.6 is 0 Å². The van der Waals surface area contributed by atoms with E-state index in [1.54, 1.807) is 35.2 Å². The summed E-state index contributed by atoms with van der Waals surface area (Å²) < 4.78 is 38.9. The summed E-state index contributed by atoms with van der Waals surface area (Å²) in [7, 11) is -1.01. The van der Waals surface area contributed by atoms with E-state index in [4.69, 9.17) is 9.47 Å². The van der Waals surface area contributed by atoms with Crippen LogP contribution in [0.15, 0.2) is 41.3 Å². The summed E-state index contributed by atoms with van der Waals surface area (Å²) in [5.74, 6) is 0.615. The van der Waals surface area contributed by atoms with E-state index in [2.05, 4.69) is 4.72 Å². The first kappa shape index (κ1) is 21.0. The number of nitrogens with zero attached hydrogens (tertiary/aromatic N) is 1. The van der Waals surface area contributed by atoms with Gasteiger partial charge in [-0.05, 0) is 48.7 Å². The van der Waals surface area contributed by atoms with Crippen molar-refractivity contribution in [1.82, 2.24) is 0 Å². The second-order valence-electron chi connectivity index (χ2n) is 7.21. The van der Waals surface area contributed by atoms with Crippen LogP contribution in [0.3, 0.4) is 0 Å². The second kappa shape index (κ2) is 8.32. The van der Waals surface area contributed by atoms with E-state index < -0.39 is 10.0 Å². The number of anilines is 2. The number of hydrogen-bond acceptors (Lipinski definition) is 5. The van der Waals surface area contributed by atoms with Crippen LogP contribution in [0.4, 0.5) is 11.4 Å². The van der Waals surface area contributed by atoms with E-state index in [1.807, 2.05) is 13.8 Å². The molecule has 0 radical (unpaired) electrons. The molecule has 2 aromatic carbocycles. The molecule has 0 fully saturated rings. The molecule has 29 heavy (non-hydrogen) atoms. The fraction of sp³-hybridized carbons (Fsp3) is 0.381. The van der Waals surface area contributed by atoms with Crippen molar-refractivity contribution < 1.29 is 22.7 Å². The molecule has 8 heteroatoms. The van der Waals surface area contributed by atoms with Crippen molar-refractivity contribution in [2.24, 2.45) is 5.92 Å². The summed E-state index contributed by atoms with van der Waals surface area (Å²) in [5, 5.41) is 0. The maximum Gasteiger partial charge on any atom is 0.265 e. The highest BCUT2D eigenvalue weighted by atomic mass is 32.2. The third-order valence-electron chi connectivity index (χ3n) is 4.87. The predicted octanol–water partition coefficient (Wildman–Crippen LogP) is 3.44. The third-order valence-corrected chi connectivity index (χ3v) is 6.27. The molecule has 0 atom stereocenters. The standard InChI is InChI=1S/C21H26N2O5S/c1-14(2)21(24)23-11-5-6-15-12-16(7-9-18(15)23)22-29(25,26)20-13-17(27-3)8-10-19(20)28-4/h7-10,12-14,22H,5-6,11H2,1-4H3. The number of methoxy groups -OCH3 is 2. The van der Waals surface area contributed by atoms with Crippen molar-refractivity contribution in [2.75, 3.05) is 30.4 Å². The highest BCUT2D eigenvalue weighted by Crippen LogP contribution is 2.33. The highest BCUT2D eigenvalue weighted by molar-refractivity contribution is 7.92. The zero-order valence-electron chi connectivity index (χ0n) is 17.1. The van der Waals surface area contributed by atoms with Crippen molar-refractivity contribution in [3.63, 3.8) is 0 Å². The highest BCUT2D eigenvalue weighted by Gasteiger charge is 2.26. The zero-order chi connectivity index (χ0) is 21.2. The maximum absolute atomic E-state index is 13.0. The lowest BCUT2D eigenvalue weighted by molar-refractivity contribution is -0.121. The third kappa shape index (κ3) is 4.32. The number of aryl methyl sites for hydroxylation is 1. The minimum atomic E-state index is -3.89. The lowest BCUT2D eigenvalue weighted by Crippen LogP contribution is -2.38. The van der Waals surface area contributed by atoms with Gasteiger partial charge in [0.05, 0.1) is 14.2 Å². The Hall–Kier alpha value is -2.74. The first-order valence-corrected chi connectivity index (χ1v) is 10.9. The number of hydrogen-bond donors (Lipinski definition) is 1. The molecular weight excluding hydrogens is 392 g/mol. The van der Waals surface area contributed by atoms with E-state index in [9.17, 15) is 13.2 Å². The van der Waals surface area contributed by atoms with Crippen LogP contribution in [0.5, 0.6) is 11.5 Å². The van der Waals surface area contributed by atoms with Crippen LogP contribution in [0, 0.1) is 5.92 Å². The molecule has 1 heterocycles. The molecule has 1 amide bonds. The van der Waals surface area contributed by atoms with Gasteiger partial charge in [-0.1, -0.05) is 13.8 Å². The topological polar surface area (TPSA) is 84.9 Å². The molecule has 0 saturated carbocycles. The van der Waals surface area contributed by atoms with Gasteiger partial charge in [0.25, 0.3) is 10.0 Å². The molecule has 2 aromatic rings. The van der Waals surface area contributed by atoms with Crippen molar-refractivity contribution in [1.29, 1.82) is 0 Å². The van der Waals surface area contributed by atoms with Crippen molar-refractivity contribution in [3.05, 3.63) is 42.0 Å². The number of amides is 1. The molecule has 7 nitrogen and oxygen atoms in total. The summed E-state index contributed by atoms with van der Waals surface area (Å²) in [5.41, 5.74) is 2.23. The molecule has 1 aliphatic heterocycles. The van der Waals surface area contributed by atoms with Gasteiger partial charge in [0, 0.05) is 29.9 Å². The minimum Gasteiger partial charge on any atom is -0.497 e. The van der Waals surface area contributed by atoms with Gasteiger partial charge in [-0.25, -0.2) is 8.42 Å². The number of benzene rings is 2. The van der Waals surface area contributed by atoms with Crippen LogP contribution in [-0.4, -0.2) is 35.1 Å². The van der Waals surface area contributed by atoms with E-state index in [-0.39, 0.29) is 22.5 Å². The van der Waals surface area contributed by atoms with Crippen molar-refractivity contribution >= 4 is 27.3 Å². The van der Waals surface area contributed by atoms with E-state index in [0.29, 0.717) is 18.0 Å². The number of carbonyl (C=O) groups is 1. The van der Waals surface area contributed by atoms with Crippen LogP contribution in [0.2, 0.25) is 0 Å². The summed E-state index contributed by atoms with van der Waals surface area (Å²) in [4.78, 5) is 14.3. The molecule has 0 unspecified atom stereocenters. The molecule has 1 aliphatic rings. The Morgan fingerprint density at radius 1 is 1.10 bits per heavy atom. The molecular formula is C21H26N2O5S. The average molecular weight is 419 g/mol. The first-order chi connectivity index (χ1) is 13.8. The van der Waals surface area contributed by atoms with E-state index in [1.165, 1.54) is 20.3 Å². The lowest BCUT2D eigenvalue weighted by atomic mass is 9.99. The lowest BCUT2D eigenvalue weighted by Gasteiger charge is -2.31. The van der Waals surface area contributed by atoms with Gasteiger partial charge >= 0.3 is 0 Å². The number of carbonyl (C=O) groups excluding carboxylic acids is 1. The fourth-order valence-electron chi connectivity index (χ4n) is 3.41. The molecule has 0 saturated heterocycles. The smallest absolute Gasteiger partial charge is 0.265 e. The Balaban J connectivity index is 1.93. The number of fused-ring (bicyclic) bond motifs is 1. The Bertz CT molecular complexity index is 1020. The van der Waals surface area contributed by atoms with Gasteiger partial charge in [0.2, 0.25) is 5.91 Å². The molecule has 1 N–H and O–H groups in total.